The number of ether oxygens (including phenoxy) is 1. The first-order valence-electron chi connectivity index (χ1n) is 7.34. The summed E-state index contributed by atoms with van der Waals surface area (Å²) in [5, 5.41) is 6.21. The summed E-state index contributed by atoms with van der Waals surface area (Å²) in [4.78, 5) is 11.8. The second-order valence-corrected chi connectivity index (χ2v) is 5.68. The number of carbonyl (C=O) groups is 1. The molecule has 20 heavy (non-hydrogen) atoms. The number of carbonyl (C=O) groups excluding carboxylic acids is 1. The molecule has 0 bridgehead atoms. The van der Waals surface area contributed by atoms with Gasteiger partial charge < -0.3 is 15.4 Å². The van der Waals surface area contributed by atoms with Gasteiger partial charge in [-0.3, -0.25) is 4.79 Å². The molecular formula is C16H24N2O2. The maximum atomic E-state index is 11.8. The highest BCUT2D eigenvalue weighted by atomic mass is 16.5. The number of nitrogens with one attached hydrogen (secondary N) is 2. The Morgan fingerprint density at radius 3 is 2.45 bits per heavy atom. The van der Waals surface area contributed by atoms with Crippen LogP contribution in [0.1, 0.15) is 45.2 Å². The molecular weight excluding hydrogens is 252 g/mol. The highest BCUT2D eigenvalue weighted by molar-refractivity contribution is 5.78. The van der Waals surface area contributed by atoms with Crippen molar-refractivity contribution >= 4 is 5.91 Å². The smallest absolute Gasteiger partial charge is 0.234 e. The number of amides is 1. The molecule has 1 aliphatic rings. The molecule has 0 aromatic heterocycles. The molecule has 0 saturated heterocycles. The molecule has 1 aromatic carbocycles. The van der Waals surface area contributed by atoms with Gasteiger partial charge in [0, 0.05) is 6.04 Å². The van der Waals surface area contributed by atoms with Crippen molar-refractivity contribution in [3.8, 4) is 5.75 Å². The summed E-state index contributed by atoms with van der Waals surface area (Å²) in [5.41, 5.74) is 1.08. The Hall–Kier alpha value is -1.55. The molecule has 1 aliphatic carbocycles. The van der Waals surface area contributed by atoms with Crippen molar-refractivity contribution in [2.24, 2.45) is 0 Å². The SMILES string of the molecule is CC(C)Oc1ccc(C(C)NC(=O)CNC2CC2)cc1. The van der Waals surface area contributed by atoms with Gasteiger partial charge in [0.25, 0.3) is 0 Å². The van der Waals surface area contributed by atoms with Crippen LogP contribution in [0.5, 0.6) is 5.75 Å². The van der Waals surface area contributed by atoms with Gasteiger partial charge in [0.05, 0.1) is 18.7 Å². The van der Waals surface area contributed by atoms with Crippen molar-refractivity contribution in [2.45, 2.75) is 51.8 Å². The Balaban J connectivity index is 1.81. The Kier molecular flexibility index (Phi) is 5.01. The minimum absolute atomic E-state index is 0.0107. The van der Waals surface area contributed by atoms with E-state index in [0.717, 1.165) is 11.3 Å². The second kappa shape index (κ2) is 6.75. The summed E-state index contributed by atoms with van der Waals surface area (Å²) in [6.07, 6.45) is 2.56. The first kappa shape index (κ1) is 14.9. The molecule has 0 spiro atoms. The van der Waals surface area contributed by atoms with E-state index in [2.05, 4.69) is 10.6 Å². The Morgan fingerprint density at radius 1 is 1.25 bits per heavy atom. The van der Waals surface area contributed by atoms with E-state index in [4.69, 9.17) is 4.74 Å². The zero-order valence-corrected chi connectivity index (χ0v) is 12.5. The molecule has 1 saturated carbocycles. The fraction of sp³-hybridized carbons (Fsp3) is 0.562. The molecule has 1 atom stereocenters. The summed E-state index contributed by atoms with van der Waals surface area (Å²) < 4.78 is 5.60. The van der Waals surface area contributed by atoms with E-state index in [-0.39, 0.29) is 18.1 Å². The first-order chi connectivity index (χ1) is 9.54. The minimum Gasteiger partial charge on any atom is -0.491 e. The third kappa shape index (κ3) is 4.85. The van der Waals surface area contributed by atoms with Crippen molar-refractivity contribution in [1.29, 1.82) is 0 Å². The molecule has 1 fully saturated rings. The van der Waals surface area contributed by atoms with Crippen LogP contribution < -0.4 is 15.4 Å². The van der Waals surface area contributed by atoms with Crippen molar-refractivity contribution in [1.82, 2.24) is 10.6 Å². The van der Waals surface area contributed by atoms with E-state index in [1.807, 2.05) is 45.0 Å². The Morgan fingerprint density at radius 2 is 1.90 bits per heavy atom. The van der Waals surface area contributed by atoms with Crippen LogP contribution in [0.25, 0.3) is 0 Å². The van der Waals surface area contributed by atoms with Crippen LogP contribution in [0.15, 0.2) is 24.3 Å². The molecule has 2 rings (SSSR count). The quantitative estimate of drug-likeness (QED) is 0.804. The summed E-state index contributed by atoms with van der Waals surface area (Å²) in [7, 11) is 0. The molecule has 2 N–H and O–H groups in total. The lowest BCUT2D eigenvalue weighted by Gasteiger charge is -2.16. The summed E-state index contributed by atoms with van der Waals surface area (Å²) in [6.45, 7) is 6.41. The third-order valence-corrected chi connectivity index (χ3v) is 3.26. The fourth-order valence-corrected chi connectivity index (χ4v) is 2.01. The first-order valence-corrected chi connectivity index (χ1v) is 7.34. The number of hydrogen-bond acceptors (Lipinski definition) is 3. The molecule has 0 radical (unpaired) electrons. The van der Waals surface area contributed by atoms with Crippen LogP contribution >= 0.6 is 0 Å². The second-order valence-electron chi connectivity index (χ2n) is 5.68. The monoisotopic (exact) mass is 276 g/mol. The summed E-state index contributed by atoms with van der Waals surface area (Å²) in [5.74, 6) is 0.907. The van der Waals surface area contributed by atoms with Crippen molar-refractivity contribution < 1.29 is 9.53 Å². The predicted molar refractivity (Wildman–Crippen MR) is 79.8 cm³/mol. The van der Waals surface area contributed by atoms with Crippen LogP contribution in [0.4, 0.5) is 0 Å². The van der Waals surface area contributed by atoms with Crippen LogP contribution in [0, 0.1) is 0 Å². The molecule has 4 nitrogen and oxygen atoms in total. The van der Waals surface area contributed by atoms with E-state index in [0.29, 0.717) is 12.6 Å². The van der Waals surface area contributed by atoms with Gasteiger partial charge in [-0.05, 0) is 51.3 Å². The normalized spacial score (nSPS) is 16.0. The van der Waals surface area contributed by atoms with Crippen LogP contribution in [-0.4, -0.2) is 24.6 Å². The molecule has 4 heteroatoms. The average Bonchev–Trinajstić information content (AvgIpc) is 3.20. The van der Waals surface area contributed by atoms with Gasteiger partial charge in [0.2, 0.25) is 5.91 Å². The predicted octanol–water partition coefficient (Wildman–Crippen LogP) is 2.40. The van der Waals surface area contributed by atoms with Gasteiger partial charge in [-0.25, -0.2) is 0 Å². The van der Waals surface area contributed by atoms with E-state index >= 15 is 0 Å². The lowest BCUT2D eigenvalue weighted by Crippen LogP contribution is -2.36. The maximum absolute atomic E-state index is 11.8. The summed E-state index contributed by atoms with van der Waals surface area (Å²) >= 11 is 0. The standard InChI is InChI=1S/C16H24N2O2/c1-11(2)20-15-8-4-13(5-9-15)12(3)18-16(19)10-17-14-6-7-14/h4-5,8-9,11-12,14,17H,6-7,10H2,1-3H3,(H,18,19). The van der Waals surface area contributed by atoms with Crippen LogP contribution in [0.2, 0.25) is 0 Å². The Labute approximate surface area is 120 Å². The van der Waals surface area contributed by atoms with Gasteiger partial charge in [-0.2, -0.15) is 0 Å². The lowest BCUT2D eigenvalue weighted by atomic mass is 10.1. The van der Waals surface area contributed by atoms with Gasteiger partial charge in [-0.15, -0.1) is 0 Å². The molecule has 0 heterocycles. The van der Waals surface area contributed by atoms with E-state index in [1.165, 1.54) is 12.8 Å². The van der Waals surface area contributed by atoms with Crippen molar-refractivity contribution in [3.63, 3.8) is 0 Å². The lowest BCUT2D eigenvalue weighted by molar-refractivity contribution is -0.120. The average molecular weight is 276 g/mol. The van der Waals surface area contributed by atoms with E-state index in [1.54, 1.807) is 0 Å². The zero-order valence-electron chi connectivity index (χ0n) is 12.5. The Bertz CT molecular complexity index is 438. The minimum atomic E-state index is 0.0107. The third-order valence-electron chi connectivity index (χ3n) is 3.26. The fourth-order valence-electron chi connectivity index (χ4n) is 2.01. The molecule has 1 aromatic rings. The molecule has 110 valence electrons. The number of rotatable bonds is 7. The van der Waals surface area contributed by atoms with Gasteiger partial charge in [0.15, 0.2) is 0 Å². The van der Waals surface area contributed by atoms with E-state index < -0.39 is 0 Å². The van der Waals surface area contributed by atoms with E-state index in [9.17, 15) is 4.79 Å². The van der Waals surface area contributed by atoms with Gasteiger partial charge in [0.1, 0.15) is 5.75 Å². The summed E-state index contributed by atoms with van der Waals surface area (Å²) in [6, 6.07) is 8.45. The van der Waals surface area contributed by atoms with Crippen molar-refractivity contribution in [3.05, 3.63) is 29.8 Å². The molecule has 1 unspecified atom stereocenters. The molecule has 1 amide bonds. The number of benzene rings is 1. The topological polar surface area (TPSA) is 50.4 Å². The highest BCUT2D eigenvalue weighted by Crippen LogP contribution is 2.19. The molecule has 0 aliphatic heterocycles. The highest BCUT2D eigenvalue weighted by Gasteiger charge is 2.21. The largest absolute Gasteiger partial charge is 0.491 e. The van der Waals surface area contributed by atoms with Crippen molar-refractivity contribution in [2.75, 3.05) is 6.54 Å². The maximum Gasteiger partial charge on any atom is 0.234 e. The number of hydrogen-bond donors (Lipinski definition) is 2. The van der Waals surface area contributed by atoms with Crippen LogP contribution in [0.3, 0.4) is 0 Å². The van der Waals surface area contributed by atoms with Crippen LogP contribution in [-0.2, 0) is 4.79 Å². The van der Waals surface area contributed by atoms with Gasteiger partial charge in [-0.1, -0.05) is 12.1 Å². The van der Waals surface area contributed by atoms with Gasteiger partial charge >= 0.3 is 0 Å². The zero-order chi connectivity index (χ0) is 14.5.